The molecule has 1 fully saturated rings. The molecule has 0 aromatic heterocycles. The molecule has 62 valence electrons. The predicted molar refractivity (Wildman–Crippen MR) is 44.0 cm³/mol. The first kappa shape index (κ1) is 8.27. The van der Waals surface area contributed by atoms with Crippen LogP contribution in [0.4, 0.5) is 0 Å². The third-order valence-corrected chi connectivity index (χ3v) is 2.00. The van der Waals surface area contributed by atoms with Gasteiger partial charge in [0, 0.05) is 12.1 Å². The normalized spacial score (nSPS) is 29.9. The summed E-state index contributed by atoms with van der Waals surface area (Å²) in [7, 11) is 0. The van der Waals surface area contributed by atoms with E-state index in [0.717, 1.165) is 19.3 Å². The zero-order valence-electron chi connectivity index (χ0n) is 6.55. The van der Waals surface area contributed by atoms with Crippen molar-refractivity contribution in [1.29, 1.82) is 0 Å². The largest absolute Gasteiger partial charge is 0.350 e. The van der Waals surface area contributed by atoms with Crippen LogP contribution in [0.3, 0.4) is 0 Å². The van der Waals surface area contributed by atoms with Gasteiger partial charge in [0.2, 0.25) is 5.91 Å². The molecule has 3 nitrogen and oxygen atoms in total. The molecule has 1 rings (SSSR count). The highest BCUT2D eigenvalue weighted by molar-refractivity contribution is 5.87. The lowest BCUT2D eigenvalue weighted by Gasteiger charge is -2.09. The van der Waals surface area contributed by atoms with Gasteiger partial charge in [0.1, 0.15) is 0 Å². The summed E-state index contributed by atoms with van der Waals surface area (Å²) in [5.74, 6) is -0.0934. The van der Waals surface area contributed by atoms with E-state index in [4.69, 9.17) is 5.73 Å². The van der Waals surface area contributed by atoms with Gasteiger partial charge in [0.25, 0.3) is 0 Å². The van der Waals surface area contributed by atoms with Gasteiger partial charge in [-0.05, 0) is 25.3 Å². The predicted octanol–water partition coefficient (Wildman–Crippen LogP) is 0.168. The molecule has 1 amide bonds. The molecule has 0 aromatic carbocycles. The van der Waals surface area contributed by atoms with Crippen molar-refractivity contribution in [3.8, 4) is 0 Å². The van der Waals surface area contributed by atoms with E-state index >= 15 is 0 Å². The summed E-state index contributed by atoms with van der Waals surface area (Å²) in [5, 5.41) is 2.82. The lowest BCUT2D eigenvalue weighted by molar-refractivity contribution is -0.117. The standard InChI is InChI=1S/C8H14N2O/c1-2-8(11)10-7-4-3-6(9)5-7/h2,6-7H,1,3-5,9H2,(H,10,11)/t6-,7-/m0/s1. The molecule has 0 aliphatic heterocycles. The van der Waals surface area contributed by atoms with Crippen LogP contribution in [-0.4, -0.2) is 18.0 Å². The summed E-state index contributed by atoms with van der Waals surface area (Å²) >= 11 is 0. The Morgan fingerprint density at radius 2 is 2.36 bits per heavy atom. The van der Waals surface area contributed by atoms with Crippen LogP contribution in [0.15, 0.2) is 12.7 Å². The summed E-state index contributed by atoms with van der Waals surface area (Å²) < 4.78 is 0. The molecule has 1 saturated carbocycles. The molecule has 0 saturated heterocycles. The second-order valence-electron chi connectivity index (χ2n) is 2.98. The summed E-state index contributed by atoms with van der Waals surface area (Å²) in [4.78, 5) is 10.8. The Bertz CT molecular complexity index is 167. The quantitative estimate of drug-likeness (QED) is 0.557. The Morgan fingerprint density at radius 1 is 1.64 bits per heavy atom. The first-order chi connectivity index (χ1) is 5.22. The highest BCUT2D eigenvalue weighted by Gasteiger charge is 2.21. The van der Waals surface area contributed by atoms with Crippen molar-refractivity contribution >= 4 is 5.91 Å². The zero-order valence-corrected chi connectivity index (χ0v) is 6.55. The molecule has 3 heteroatoms. The van der Waals surface area contributed by atoms with Crippen LogP contribution in [0, 0.1) is 0 Å². The van der Waals surface area contributed by atoms with Gasteiger partial charge in [0.05, 0.1) is 0 Å². The monoisotopic (exact) mass is 154 g/mol. The van der Waals surface area contributed by atoms with Crippen LogP contribution in [0.2, 0.25) is 0 Å². The molecule has 1 aliphatic rings. The van der Waals surface area contributed by atoms with Gasteiger partial charge in [-0.25, -0.2) is 0 Å². The average molecular weight is 154 g/mol. The molecule has 0 heterocycles. The fourth-order valence-corrected chi connectivity index (χ4v) is 1.41. The number of nitrogens with one attached hydrogen (secondary N) is 1. The molecule has 0 aromatic rings. The molecular weight excluding hydrogens is 140 g/mol. The van der Waals surface area contributed by atoms with Crippen molar-refractivity contribution in [1.82, 2.24) is 5.32 Å². The van der Waals surface area contributed by atoms with E-state index in [1.165, 1.54) is 6.08 Å². The Labute approximate surface area is 66.6 Å². The maximum Gasteiger partial charge on any atom is 0.243 e. The third-order valence-electron chi connectivity index (χ3n) is 2.00. The second kappa shape index (κ2) is 3.53. The summed E-state index contributed by atoms with van der Waals surface area (Å²) in [6.07, 6.45) is 4.21. The molecule has 0 bridgehead atoms. The number of rotatable bonds is 2. The van der Waals surface area contributed by atoms with Gasteiger partial charge in [-0.1, -0.05) is 6.58 Å². The lowest BCUT2D eigenvalue weighted by atomic mass is 10.2. The van der Waals surface area contributed by atoms with Crippen LogP contribution in [0.1, 0.15) is 19.3 Å². The molecular formula is C8H14N2O. The van der Waals surface area contributed by atoms with Gasteiger partial charge in [-0.15, -0.1) is 0 Å². The Balaban J connectivity index is 2.28. The molecule has 0 radical (unpaired) electrons. The van der Waals surface area contributed by atoms with Crippen molar-refractivity contribution < 1.29 is 4.79 Å². The average Bonchev–Trinajstić information content (AvgIpc) is 2.35. The van der Waals surface area contributed by atoms with Crippen molar-refractivity contribution in [2.75, 3.05) is 0 Å². The summed E-state index contributed by atoms with van der Waals surface area (Å²) in [6, 6.07) is 0.542. The van der Waals surface area contributed by atoms with E-state index in [1.54, 1.807) is 0 Å². The minimum absolute atomic E-state index is 0.0934. The van der Waals surface area contributed by atoms with Crippen molar-refractivity contribution in [2.45, 2.75) is 31.3 Å². The molecule has 0 spiro atoms. The van der Waals surface area contributed by atoms with Crippen LogP contribution in [0.25, 0.3) is 0 Å². The van der Waals surface area contributed by atoms with E-state index < -0.39 is 0 Å². The van der Waals surface area contributed by atoms with Gasteiger partial charge >= 0.3 is 0 Å². The number of hydrogen-bond donors (Lipinski definition) is 2. The second-order valence-corrected chi connectivity index (χ2v) is 2.98. The lowest BCUT2D eigenvalue weighted by Crippen LogP contribution is -2.32. The van der Waals surface area contributed by atoms with E-state index in [2.05, 4.69) is 11.9 Å². The Morgan fingerprint density at radius 3 is 2.82 bits per heavy atom. The van der Waals surface area contributed by atoms with Crippen LogP contribution < -0.4 is 11.1 Å². The highest BCUT2D eigenvalue weighted by atomic mass is 16.1. The fraction of sp³-hybridized carbons (Fsp3) is 0.625. The number of carbonyl (C=O) groups excluding carboxylic acids is 1. The van der Waals surface area contributed by atoms with Crippen molar-refractivity contribution in [3.63, 3.8) is 0 Å². The Kier molecular flexibility index (Phi) is 2.65. The molecule has 11 heavy (non-hydrogen) atoms. The molecule has 3 N–H and O–H groups in total. The van der Waals surface area contributed by atoms with E-state index in [9.17, 15) is 4.79 Å². The van der Waals surface area contributed by atoms with Gasteiger partial charge < -0.3 is 11.1 Å². The maximum atomic E-state index is 10.8. The fourth-order valence-electron chi connectivity index (χ4n) is 1.41. The zero-order chi connectivity index (χ0) is 8.27. The van der Waals surface area contributed by atoms with Gasteiger partial charge in [-0.3, -0.25) is 4.79 Å². The summed E-state index contributed by atoms with van der Waals surface area (Å²) in [6.45, 7) is 3.38. The first-order valence-corrected chi connectivity index (χ1v) is 3.91. The van der Waals surface area contributed by atoms with Crippen LogP contribution in [0.5, 0.6) is 0 Å². The van der Waals surface area contributed by atoms with Gasteiger partial charge in [-0.2, -0.15) is 0 Å². The maximum absolute atomic E-state index is 10.8. The van der Waals surface area contributed by atoms with Gasteiger partial charge in [0.15, 0.2) is 0 Å². The topological polar surface area (TPSA) is 55.1 Å². The van der Waals surface area contributed by atoms with Crippen molar-refractivity contribution in [2.24, 2.45) is 5.73 Å². The summed E-state index contributed by atoms with van der Waals surface area (Å²) in [5.41, 5.74) is 5.67. The van der Waals surface area contributed by atoms with Crippen molar-refractivity contribution in [3.05, 3.63) is 12.7 Å². The van der Waals surface area contributed by atoms with E-state index in [-0.39, 0.29) is 18.0 Å². The van der Waals surface area contributed by atoms with E-state index in [0.29, 0.717) is 0 Å². The smallest absolute Gasteiger partial charge is 0.243 e. The molecule has 0 unspecified atom stereocenters. The first-order valence-electron chi connectivity index (χ1n) is 3.91. The SMILES string of the molecule is C=CC(=O)N[C@H]1CC[C@H](N)C1. The number of hydrogen-bond acceptors (Lipinski definition) is 2. The van der Waals surface area contributed by atoms with E-state index in [1.807, 2.05) is 0 Å². The third kappa shape index (κ3) is 2.35. The Hall–Kier alpha value is -0.830. The highest BCUT2D eigenvalue weighted by Crippen LogP contribution is 2.16. The number of amides is 1. The number of nitrogens with two attached hydrogens (primary N) is 1. The van der Waals surface area contributed by atoms with Crippen LogP contribution >= 0.6 is 0 Å². The number of carbonyl (C=O) groups is 1. The molecule has 2 atom stereocenters. The van der Waals surface area contributed by atoms with Crippen LogP contribution in [-0.2, 0) is 4.79 Å². The minimum Gasteiger partial charge on any atom is -0.350 e. The molecule has 1 aliphatic carbocycles. The minimum atomic E-state index is -0.0934.